The van der Waals surface area contributed by atoms with Crippen molar-refractivity contribution in [1.29, 1.82) is 0 Å². The molecule has 0 saturated heterocycles. The summed E-state index contributed by atoms with van der Waals surface area (Å²) in [7, 11) is 0. The van der Waals surface area contributed by atoms with Gasteiger partial charge in [0.15, 0.2) is 11.5 Å². The SMILES string of the molecule is C=Cc1c(C)c(-c2nc(C3(c4ccc(F)cc4Cl)CC3)no2)nn1CCC. The smallest absolute Gasteiger partial charge is 0.278 e. The molecule has 1 aliphatic rings. The van der Waals surface area contributed by atoms with E-state index in [1.165, 1.54) is 12.1 Å². The number of aromatic nitrogens is 4. The highest BCUT2D eigenvalue weighted by Crippen LogP contribution is 2.54. The Hall–Kier alpha value is -2.47. The molecule has 0 radical (unpaired) electrons. The molecule has 1 aliphatic carbocycles. The monoisotopic (exact) mass is 386 g/mol. The van der Waals surface area contributed by atoms with E-state index in [-0.39, 0.29) is 5.82 Å². The van der Waals surface area contributed by atoms with E-state index in [9.17, 15) is 4.39 Å². The van der Waals surface area contributed by atoms with Crippen molar-refractivity contribution in [2.24, 2.45) is 0 Å². The molecule has 2 heterocycles. The zero-order chi connectivity index (χ0) is 19.2. The van der Waals surface area contributed by atoms with Crippen molar-refractivity contribution in [1.82, 2.24) is 19.9 Å². The topological polar surface area (TPSA) is 56.7 Å². The van der Waals surface area contributed by atoms with Crippen LogP contribution in [0.3, 0.4) is 0 Å². The maximum Gasteiger partial charge on any atom is 0.278 e. The largest absolute Gasteiger partial charge is 0.332 e. The van der Waals surface area contributed by atoms with Gasteiger partial charge in [-0.15, -0.1) is 0 Å². The van der Waals surface area contributed by atoms with Crippen LogP contribution in [0.1, 0.15) is 48.8 Å². The van der Waals surface area contributed by atoms with Crippen LogP contribution in [0, 0.1) is 12.7 Å². The van der Waals surface area contributed by atoms with E-state index in [0.29, 0.717) is 22.4 Å². The second kappa shape index (κ2) is 6.60. The summed E-state index contributed by atoms with van der Waals surface area (Å²) < 4.78 is 20.9. The number of benzene rings is 1. The number of aryl methyl sites for hydroxylation is 1. The van der Waals surface area contributed by atoms with Crippen molar-refractivity contribution in [2.45, 2.75) is 45.1 Å². The first kappa shape index (κ1) is 17.9. The van der Waals surface area contributed by atoms with E-state index in [4.69, 9.17) is 16.1 Å². The van der Waals surface area contributed by atoms with E-state index in [0.717, 1.165) is 42.6 Å². The molecule has 3 aromatic rings. The van der Waals surface area contributed by atoms with E-state index >= 15 is 0 Å². The van der Waals surface area contributed by atoms with Crippen molar-refractivity contribution in [3.63, 3.8) is 0 Å². The molecule has 2 aromatic heterocycles. The first-order chi connectivity index (χ1) is 13.0. The predicted molar refractivity (Wildman–Crippen MR) is 102 cm³/mol. The molecule has 0 N–H and O–H groups in total. The summed E-state index contributed by atoms with van der Waals surface area (Å²) in [5.74, 6) is 0.586. The van der Waals surface area contributed by atoms with E-state index in [1.54, 1.807) is 12.1 Å². The second-order valence-electron chi connectivity index (χ2n) is 6.92. The van der Waals surface area contributed by atoms with E-state index < -0.39 is 5.41 Å². The summed E-state index contributed by atoms with van der Waals surface area (Å²) in [4.78, 5) is 4.62. The fourth-order valence-electron chi connectivity index (χ4n) is 3.54. The fraction of sp³-hybridized carbons (Fsp3) is 0.350. The van der Waals surface area contributed by atoms with Crippen LogP contribution in [-0.4, -0.2) is 19.9 Å². The highest BCUT2D eigenvalue weighted by Gasteiger charge is 2.51. The summed E-state index contributed by atoms with van der Waals surface area (Å²) in [6.45, 7) is 8.74. The molecule has 4 rings (SSSR count). The molecule has 0 unspecified atom stereocenters. The van der Waals surface area contributed by atoms with Crippen molar-refractivity contribution in [3.05, 3.63) is 58.3 Å². The van der Waals surface area contributed by atoms with Gasteiger partial charge < -0.3 is 4.52 Å². The molecule has 0 amide bonds. The maximum atomic E-state index is 13.4. The zero-order valence-electron chi connectivity index (χ0n) is 15.3. The maximum absolute atomic E-state index is 13.4. The highest BCUT2D eigenvalue weighted by atomic mass is 35.5. The second-order valence-corrected chi connectivity index (χ2v) is 7.32. The summed E-state index contributed by atoms with van der Waals surface area (Å²) in [6.07, 6.45) is 4.44. The molecule has 0 atom stereocenters. The third-order valence-electron chi connectivity index (χ3n) is 5.12. The van der Waals surface area contributed by atoms with Gasteiger partial charge >= 0.3 is 0 Å². The molecular formula is C20H20ClFN4O. The average molecular weight is 387 g/mol. The lowest BCUT2D eigenvalue weighted by Crippen LogP contribution is -2.11. The molecule has 0 bridgehead atoms. The lowest BCUT2D eigenvalue weighted by atomic mass is 9.95. The quantitative estimate of drug-likeness (QED) is 0.586. The first-order valence-electron chi connectivity index (χ1n) is 9.00. The third kappa shape index (κ3) is 2.88. The lowest BCUT2D eigenvalue weighted by Gasteiger charge is -2.12. The normalized spacial score (nSPS) is 15.1. The molecule has 27 heavy (non-hydrogen) atoms. The molecule has 1 saturated carbocycles. The van der Waals surface area contributed by atoms with Crippen LogP contribution >= 0.6 is 11.6 Å². The Kier molecular flexibility index (Phi) is 4.38. The Bertz CT molecular complexity index is 1020. The molecule has 1 aromatic carbocycles. The van der Waals surface area contributed by atoms with Crippen LogP contribution in [0.4, 0.5) is 4.39 Å². The van der Waals surface area contributed by atoms with Gasteiger partial charge in [-0.2, -0.15) is 10.1 Å². The Balaban J connectivity index is 1.73. The molecule has 7 heteroatoms. The molecule has 5 nitrogen and oxygen atoms in total. The fourth-order valence-corrected chi connectivity index (χ4v) is 3.89. The van der Waals surface area contributed by atoms with Gasteiger partial charge in [-0.3, -0.25) is 4.68 Å². The van der Waals surface area contributed by atoms with Gasteiger partial charge in [0.05, 0.1) is 11.1 Å². The average Bonchev–Trinajstić information content (AvgIpc) is 3.16. The van der Waals surface area contributed by atoms with E-state index in [1.807, 2.05) is 11.6 Å². The Labute approximate surface area is 161 Å². The van der Waals surface area contributed by atoms with Crippen LogP contribution in [0.25, 0.3) is 17.7 Å². The van der Waals surface area contributed by atoms with Gasteiger partial charge in [0.25, 0.3) is 5.89 Å². The van der Waals surface area contributed by atoms with Gasteiger partial charge in [-0.1, -0.05) is 36.3 Å². The minimum absolute atomic E-state index is 0.359. The highest BCUT2D eigenvalue weighted by molar-refractivity contribution is 6.31. The number of nitrogens with zero attached hydrogens (tertiary/aromatic N) is 4. The Morgan fingerprint density at radius 2 is 2.19 bits per heavy atom. The first-order valence-corrected chi connectivity index (χ1v) is 9.38. The molecule has 0 spiro atoms. The molecule has 1 fully saturated rings. The zero-order valence-corrected chi connectivity index (χ0v) is 16.1. The van der Waals surface area contributed by atoms with Crippen LogP contribution < -0.4 is 0 Å². The summed E-state index contributed by atoms with van der Waals surface area (Å²) in [5, 5.41) is 9.22. The van der Waals surface area contributed by atoms with Crippen LogP contribution in [0.15, 0.2) is 29.3 Å². The van der Waals surface area contributed by atoms with Crippen molar-refractivity contribution in [3.8, 4) is 11.6 Å². The third-order valence-corrected chi connectivity index (χ3v) is 5.43. The van der Waals surface area contributed by atoms with Gasteiger partial charge in [0.2, 0.25) is 0 Å². The van der Waals surface area contributed by atoms with Crippen LogP contribution in [0.2, 0.25) is 5.02 Å². The molecular weight excluding hydrogens is 367 g/mol. The summed E-state index contributed by atoms with van der Waals surface area (Å²) in [5.41, 5.74) is 3.00. The van der Waals surface area contributed by atoms with Gasteiger partial charge in [-0.25, -0.2) is 4.39 Å². The number of hydrogen-bond donors (Lipinski definition) is 0. The standard InChI is InChI=1S/C20H20ClFN4O/c1-4-10-26-16(5-2)12(3)17(24-26)18-23-19(25-27-18)20(8-9-20)14-7-6-13(22)11-15(14)21/h5-7,11H,2,4,8-10H2,1,3H3. The van der Waals surface area contributed by atoms with Crippen LogP contribution in [0.5, 0.6) is 0 Å². The Morgan fingerprint density at radius 3 is 2.81 bits per heavy atom. The Morgan fingerprint density at radius 1 is 1.41 bits per heavy atom. The summed E-state index contributed by atoms with van der Waals surface area (Å²) >= 11 is 6.28. The molecule has 140 valence electrons. The number of rotatable bonds is 6. The van der Waals surface area contributed by atoms with Crippen molar-refractivity contribution >= 4 is 17.7 Å². The number of halogens is 2. The van der Waals surface area contributed by atoms with Gasteiger partial charge in [0, 0.05) is 17.1 Å². The van der Waals surface area contributed by atoms with Crippen molar-refractivity contribution < 1.29 is 8.91 Å². The molecule has 0 aliphatic heterocycles. The van der Waals surface area contributed by atoms with Crippen LogP contribution in [-0.2, 0) is 12.0 Å². The van der Waals surface area contributed by atoms with Crippen molar-refractivity contribution in [2.75, 3.05) is 0 Å². The predicted octanol–water partition coefficient (Wildman–Crippen LogP) is 5.17. The van der Waals surface area contributed by atoms with Gasteiger partial charge in [-0.05, 0) is 50.0 Å². The number of hydrogen-bond acceptors (Lipinski definition) is 4. The minimum Gasteiger partial charge on any atom is -0.332 e. The van der Waals surface area contributed by atoms with Gasteiger partial charge in [0.1, 0.15) is 5.82 Å². The van der Waals surface area contributed by atoms with E-state index in [2.05, 4.69) is 28.7 Å². The summed E-state index contributed by atoms with van der Waals surface area (Å²) in [6, 6.07) is 4.44. The lowest BCUT2D eigenvalue weighted by molar-refractivity contribution is 0.415. The minimum atomic E-state index is -0.409.